The number of rotatable bonds is 3. The molecule has 0 aromatic heterocycles. The Labute approximate surface area is 116 Å². The Bertz CT molecular complexity index is 563. The van der Waals surface area contributed by atoms with Crippen molar-refractivity contribution in [2.75, 3.05) is 0 Å². The lowest BCUT2D eigenvalue weighted by atomic mass is 9.99. The Morgan fingerprint density at radius 3 is 2.63 bits per heavy atom. The normalized spacial score (nSPS) is 16.2. The fourth-order valence-electron chi connectivity index (χ4n) is 2.14. The van der Waals surface area contributed by atoms with Crippen LogP contribution in [0.3, 0.4) is 0 Å². The first kappa shape index (κ1) is 13.4. The SMILES string of the molecule is C/C=C(\C=C(/C)c1ccccc1)C1=CCC=CC=C1. The van der Waals surface area contributed by atoms with Crippen molar-refractivity contribution in [2.45, 2.75) is 20.3 Å². The molecule has 1 aromatic rings. The van der Waals surface area contributed by atoms with E-state index in [1.807, 2.05) is 0 Å². The largest absolute Gasteiger partial charge is 0.0807 e. The highest BCUT2D eigenvalue weighted by Gasteiger charge is 2.01. The molecule has 0 fully saturated rings. The van der Waals surface area contributed by atoms with Gasteiger partial charge < -0.3 is 0 Å². The van der Waals surface area contributed by atoms with Crippen molar-refractivity contribution in [3.8, 4) is 0 Å². The molecular formula is C19H20. The van der Waals surface area contributed by atoms with Gasteiger partial charge in [0.2, 0.25) is 0 Å². The second kappa shape index (κ2) is 6.75. The van der Waals surface area contributed by atoms with Crippen molar-refractivity contribution in [1.29, 1.82) is 0 Å². The van der Waals surface area contributed by atoms with E-state index < -0.39 is 0 Å². The fourth-order valence-corrected chi connectivity index (χ4v) is 2.14. The Morgan fingerprint density at radius 2 is 1.89 bits per heavy atom. The van der Waals surface area contributed by atoms with Gasteiger partial charge in [0, 0.05) is 0 Å². The molecule has 0 amide bonds. The van der Waals surface area contributed by atoms with Crippen molar-refractivity contribution in [3.63, 3.8) is 0 Å². The maximum absolute atomic E-state index is 2.27. The van der Waals surface area contributed by atoms with Crippen molar-refractivity contribution in [2.24, 2.45) is 0 Å². The quantitative estimate of drug-likeness (QED) is 0.621. The predicted molar refractivity (Wildman–Crippen MR) is 84.8 cm³/mol. The van der Waals surface area contributed by atoms with Gasteiger partial charge in [0.25, 0.3) is 0 Å². The van der Waals surface area contributed by atoms with Gasteiger partial charge in [0.1, 0.15) is 0 Å². The van der Waals surface area contributed by atoms with E-state index >= 15 is 0 Å². The van der Waals surface area contributed by atoms with Gasteiger partial charge in [-0.15, -0.1) is 0 Å². The van der Waals surface area contributed by atoms with Crippen LogP contribution < -0.4 is 0 Å². The second-order valence-electron chi connectivity index (χ2n) is 4.62. The van der Waals surface area contributed by atoms with Crippen LogP contribution in [0.5, 0.6) is 0 Å². The van der Waals surface area contributed by atoms with Gasteiger partial charge in [-0.3, -0.25) is 0 Å². The first-order valence-corrected chi connectivity index (χ1v) is 6.75. The molecule has 0 unspecified atom stereocenters. The Balaban J connectivity index is 2.27. The Kier molecular flexibility index (Phi) is 4.74. The van der Waals surface area contributed by atoms with E-state index in [0.717, 1.165) is 6.42 Å². The number of hydrogen-bond donors (Lipinski definition) is 0. The fraction of sp³-hybridized carbons (Fsp3) is 0.158. The van der Waals surface area contributed by atoms with E-state index in [0.29, 0.717) is 0 Å². The first-order valence-electron chi connectivity index (χ1n) is 6.75. The van der Waals surface area contributed by atoms with Gasteiger partial charge in [0.05, 0.1) is 0 Å². The smallest absolute Gasteiger partial charge is 0.0157 e. The molecule has 1 aromatic carbocycles. The summed E-state index contributed by atoms with van der Waals surface area (Å²) in [6.07, 6.45) is 16.3. The summed E-state index contributed by atoms with van der Waals surface area (Å²) in [4.78, 5) is 0. The van der Waals surface area contributed by atoms with E-state index in [4.69, 9.17) is 0 Å². The molecule has 1 aliphatic carbocycles. The molecule has 0 saturated heterocycles. The molecule has 0 aliphatic heterocycles. The standard InChI is InChI=1S/C19H20/c1-3-17(19-13-7-4-5-8-14-19)15-16(2)18-11-9-6-10-12-18/h3-7,9-15H,8H2,1-2H3/b16-15+,17-3+. The lowest BCUT2D eigenvalue weighted by Gasteiger charge is -2.06. The third-order valence-electron chi connectivity index (χ3n) is 3.24. The topological polar surface area (TPSA) is 0 Å². The number of allylic oxidation sites excluding steroid dienone is 10. The zero-order valence-electron chi connectivity index (χ0n) is 11.6. The summed E-state index contributed by atoms with van der Waals surface area (Å²) in [7, 11) is 0. The molecule has 0 nitrogen and oxygen atoms in total. The van der Waals surface area contributed by atoms with Gasteiger partial charge in [-0.2, -0.15) is 0 Å². The lowest BCUT2D eigenvalue weighted by molar-refractivity contribution is 1.35. The average molecular weight is 248 g/mol. The van der Waals surface area contributed by atoms with Crippen molar-refractivity contribution >= 4 is 5.57 Å². The molecule has 1 aliphatic rings. The molecule has 0 spiro atoms. The number of benzene rings is 1. The second-order valence-corrected chi connectivity index (χ2v) is 4.62. The van der Waals surface area contributed by atoms with Crippen LogP contribution in [0, 0.1) is 0 Å². The molecular weight excluding hydrogens is 228 g/mol. The van der Waals surface area contributed by atoms with E-state index in [9.17, 15) is 0 Å². The summed E-state index contributed by atoms with van der Waals surface area (Å²) in [5.74, 6) is 0. The zero-order valence-corrected chi connectivity index (χ0v) is 11.6. The summed E-state index contributed by atoms with van der Waals surface area (Å²) in [5.41, 5.74) is 5.14. The maximum atomic E-state index is 2.27. The summed E-state index contributed by atoms with van der Waals surface area (Å²) in [6, 6.07) is 10.5. The molecule has 0 heteroatoms. The minimum Gasteiger partial charge on any atom is -0.0807 e. The summed E-state index contributed by atoms with van der Waals surface area (Å²) in [6.45, 7) is 4.26. The number of hydrogen-bond acceptors (Lipinski definition) is 0. The molecule has 2 rings (SSSR count). The highest BCUT2D eigenvalue weighted by Crippen LogP contribution is 2.22. The molecule has 0 atom stereocenters. The van der Waals surface area contributed by atoms with Gasteiger partial charge >= 0.3 is 0 Å². The lowest BCUT2D eigenvalue weighted by Crippen LogP contribution is -1.86. The van der Waals surface area contributed by atoms with E-state index in [1.54, 1.807) is 0 Å². The Morgan fingerprint density at radius 1 is 1.11 bits per heavy atom. The predicted octanol–water partition coefficient (Wildman–Crippen LogP) is 5.48. The average Bonchev–Trinajstić information content (AvgIpc) is 2.74. The first-order chi connectivity index (χ1) is 9.31. The van der Waals surface area contributed by atoms with E-state index in [-0.39, 0.29) is 0 Å². The van der Waals surface area contributed by atoms with Crippen LogP contribution >= 0.6 is 0 Å². The van der Waals surface area contributed by atoms with Gasteiger partial charge in [-0.1, -0.05) is 72.9 Å². The third kappa shape index (κ3) is 3.69. The van der Waals surface area contributed by atoms with Gasteiger partial charge in [-0.25, -0.2) is 0 Å². The van der Waals surface area contributed by atoms with Crippen LogP contribution in [-0.2, 0) is 0 Å². The van der Waals surface area contributed by atoms with Crippen LogP contribution in [0.15, 0.2) is 84.0 Å². The monoisotopic (exact) mass is 248 g/mol. The highest BCUT2D eigenvalue weighted by atomic mass is 14.1. The third-order valence-corrected chi connectivity index (χ3v) is 3.24. The highest BCUT2D eigenvalue weighted by molar-refractivity contribution is 5.69. The van der Waals surface area contributed by atoms with Crippen molar-refractivity contribution in [1.82, 2.24) is 0 Å². The zero-order chi connectivity index (χ0) is 13.5. The summed E-state index contributed by atoms with van der Waals surface area (Å²) in [5, 5.41) is 0. The van der Waals surface area contributed by atoms with Gasteiger partial charge in [-0.05, 0) is 42.6 Å². The maximum Gasteiger partial charge on any atom is -0.0157 e. The molecule has 96 valence electrons. The minimum absolute atomic E-state index is 0.998. The van der Waals surface area contributed by atoms with E-state index in [2.05, 4.69) is 86.7 Å². The summed E-state index contributed by atoms with van der Waals surface area (Å²) < 4.78 is 0. The van der Waals surface area contributed by atoms with Crippen LogP contribution in [0.25, 0.3) is 5.57 Å². The van der Waals surface area contributed by atoms with Crippen LogP contribution in [0.4, 0.5) is 0 Å². The molecule has 0 saturated carbocycles. The van der Waals surface area contributed by atoms with Crippen molar-refractivity contribution in [3.05, 3.63) is 89.6 Å². The Hall–Kier alpha value is -2.08. The molecule has 0 N–H and O–H groups in total. The van der Waals surface area contributed by atoms with Crippen molar-refractivity contribution < 1.29 is 0 Å². The molecule has 0 radical (unpaired) electrons. The molecule has 0 bridgehead atoms. The van der Waals surface area contributed by atoms with Gasteiger partial charge in [0.15, 0.2) is 0 Å². The summed E-state index contributed by atoms with van der Waals surface area (Å²) >= 11 is 0. The molecule has 19 heavy (non-hydrogen) atoms. The minimum atomic E-state index is 0.998. The van der Waals surface area contributed by atoms with Crippen LogP contribution in [-0.4, -0.2) is 0 Å². The molecule has 0 heterocycles. The van der Waals surface area contributed by atoms with E-state index in [1.165, 1.54) is 22.3 Å². The van der Waals surface area contributed by atoms with Crippen LogP contribution in [0.2, 0.25) is 0 Å². The van der Waals surface area contributed by atoms with Crippen LogP contribution in [0.1, 0.15) is 25.8 Å².